The second-order valence-electron chi connectivity index (χ2n) is 12.6. The zero-order valence-electron chi connectivity index (χ0n) is 23.7. The molecule has 2 aromatic rings. The molecule has 0 bridgehead atoms. The molecule has 3 aliphatic carbocycles. The maximum Gasteiger partial charge on any atom is 0.337 e. The first kappa shape index (κ1) is 27.9. The fourth-order valence-corrected chi connectivity index (χ4v) is 8.31. The number of carbonyl (C=O) groups excluding carboxylic acids is 1. The number of methoxy groups -OCH3 is 2. The number of aliphatic hydroxyl groups is 1. The van der Waals surface area contributed by atoms with E-state index in [1.807, 2.05) is 25.3 Å². The summed E-state index contributed by atoms with van der Waals surface area (Å²) < 4.78 is 17.8. The molecule has 0 aromatic heterocycles. The van der Waals surface area contributed by atoms with Gasteiger partial charge in [0.2, 0.25) is 0 Å². The van der Waals surface area contributed by atoms with Gasteiger partial charge in [0.15, 0.2) is 0 Å². The number of aryl methyl sites for hydroxylation is 1. The minimum Gasteiger partial charge on any atom is -0.490 e. The third-order valence-corrected chi connectivity index (χ3v) is 10.5. The number of ether oxygens (including phenoxy) is 3. The number of carbonyl (C=O) groups is 1. The van der Waals surface area contributed by atoms with Gasteiger partial charge in [0.25, 0.3) is 0 Å². The molecule has 2 fully saturated rings. The maximum absolute atomic E-state index is 12.5. The van der Waals surface area contributed by atoms with Crippen LogP contribution in [0.25, 0.3) is 0 Å². The zero-order valence-corrected chi connectivity index (χ0v) is 24.5. The molecule has 4 aliphatic rings. The van der Waals surface area contributed by atoms with Crippen LogP contribution in [-0.4, -0.2) is 57.2 Å². The first-order valence-electron chi connectivity index (χ1n) is 15.0. The van der Waals surface area contributed by atoms with Crippen molar-refractivity contribution in [2.75, 3.05) is 38.8 Å². The fourth-order valence-electron chi connectivity index (χ4n) is 8.11. The summed E-state index contributed by atoms with van der Waals surface area (Å²) in [7, 11) is 3.27. The van der Waals surface area contributed by atoms with Gasteiger partial charge in [0.1, 0.15) is 5.75 Å². The van der Waals surface area contributed by atoms with Crippen molar-refractivity contribution in [1.82, 2.24) is 0 Å². The standard InChI is InChI=1S/C33H42ClNO5/c1-38-31(22-5-3-7-26(36)16-22)27-11-8-24(27)18-35-19-33(14-4-6-21-15-25(34)10-12-28(21)33)20-40-30-13-9-23(17-29(30)35)32(37)39-2/h9-10,12-13,15,17,22,24,26-27,31,36H,3-8,11,14,16,18-20H2,1-2H3/t22-,24-,26-,27+,31?,33-/m0/s1. The molecule has 0 amide bonds. The van der Waals surface area contributed by atoms with Crippen LogP contribution in [0.4, 0.5) is 5.69 Å². The molecule has 1 N–H and O–H groups in total. The minimum absolute atomic E-state index is 0.157. The van der Waals surface area contributed by atoms with Crippen LogP contribution in [0, 0.1) is 17.8 Å². The Morgan fingerprint density at radius 1 is 1.15 bits per heavy atom. The lowest BCUT2D eigenvalue weighted by Crippen LogP contribution is -2.51. The summed E-state index contributed by atoms with van der Waals surface area (Å²) in [6.45, 7) is 2.30. The highest BCUT2D eigenvalue weighted by Crippen LogP contribution is 2.48. The van der Waals surface area contributed by atoms with E-state index in [-0.39, 0.29) is 23.6 Å². The number of hydrogen-bond donors (Lipinski definition) is 1. The van der Waals surface area contributed by atoms with Crippen LogP contribution in [0.1, 0.15) is 72.9 Å². The molecule has 6 rings (SSSR count). The molecular weight excluding hydrogens is 526 g/mol. The van der Waals surface area contributed by atoms with Crippen molar-refractivity contribution in [1.29, 1.82) is 0 Å². The number of aliphatic hydroxyl groups excluding tert-OH is 1. The number of nitrogens with zero attached hydrogens (tertiary/aromatic N) is 1. The van der Waals surface area contributed by atoms with E-state index in [9.17, 15) is 9.90 Å². The molecule has 0 radical (unpaired) electrons. The molecule has 1 heterocycles. The normalized spacial score (nSPS) is 30.4. The fraction of sp³-hybridized carbons (Fsp3) is 0.606. The number of hydrogen-bond acceptors (Lipinski definition) is 6. The Labute approximate surface area is 242 Å². The van der Waals surface area contributed by atoms with Gasteiger partial charge in [-0.15, -0.1) is 0 Å². The Hall–Kier alpha value is -2.28. The van der Waals surface area contributed by atoms with Gasteiger partial charge in [0, 0.05) is 30.6 Å². The van der Waals surface area contributed by atoms with Crippen LogP contribution in [0.5, 0.6) is 5.75 Å². The average Bonchev–Trinajstić information content (AvgIpc) is 3.10. The molecule has 0 saturated heterocycles. The SMILES string of the molecule is COC(=O)c1ccc2c(c1)N(C[C@@H]1CC[C@H]1C(OC)[C@H]1CCC[C@H](O)C1)C[C@@]1(CCCc3cc(Cl)ccc31)CO2. The summed E-state index contributed by atoms with van der Waals surface area (Å²) in [5.41, 5.74) is 4.01. The lowest BCUT2D eigenvalue weighted by molar-refractivity contribution is -0.0721. The Balaban J connectivity index is 1.33. The minimum atomic E-state index is -0.337. The predicted octanol–water partition coefficient (Wildman–Crippen LogP) is 6.19. The molecule has 2 aromatic carbocycles. The van der Waals surface area contributed by atoms with E-state index in [2.05, 4.69) is 17.0 Å². The maximum atomic E-state index is 12.5. The molecule has 216 valence electrons. The largest absolute Gasteiger partial charge is 0.490 e. The van der Waals surface area contributed by atoms with Gasteiger partial charge in [-0.2, -0.15) is 0 Å². The summed E-state index contributed by atoms with van der Waals surface area (Å²) in [6.07, 6.45) is 9.39. The van der Waals surface area contributed by atoms with Crippen molar-refractivity contribution in [3.8, 4) is 5.75 Å². The summed E-state index contributed by atoms with van der Waals surface area (Å²) in [5, 5.41) is 11.2. The van der Waals surface area contributed by atoms with Crippen molar-refractivity contribution in [2.45, 2.75) is 75.4 Å². The van der Waals surface area contributed by atoms with Crippen molar-refractivity contribution < 1.29 is 24.1 Å². The van der Waals surface area contributed by atoms with Crippen LogP contribution in [0.15, 0.2) is 36.4 Å². The van der Waals surface area contributed by atoms with Gasteiger partial charge >= 0.3 is 5.97 Å². The van der Waals surface area contributed by atoms with Gasteiger partial charge in [-0.05, 0) is 111 Å². The summed E-state index contributed by atoms with van der Waals surface area (Å²) in [6, 6.07) is 12.0. The highest BCUT2D eigenvalue weighted by molar-refractivity contribution is 6.30. The number of fused-ring (bicyclic) bond motifs is 3. The topological polar surface area (TPSA) is 68.2 Å². The van der Waals surface area contributed by atoms with Gasteiger partial charge in [-0.25, -0.2) is 4.79 Å². The van der Waals surface area contributed by atoms with E-state index >= 15 is 0 Å². The van der Waals surface area contributed by atoms with E-state index in [0.717, 1.165) is 87.3 Å². The van der Waals surface area contributed by atoms with Crippen LogP contribution in [0.2, 0.25) is 5.02 Å². The summed E-state index contributed by atoms with van der Waals surface area (Å²) in [5.74, 6) is 1.83. The van der Waals surface area contributed by atoms with E-state index < -0.39 is 0 Å². The van der Waals surface area contributed by atoms with Gasteiger partial charge in [-0.3, -0.25) is 0 Å². The quantitative estimate of drug-likeness (QED) is 0.420. The van der Waals surface area contributed by atoms with Crippen LogP contribution < -0.4 is 9.64 Å². The molecule has 40 heavy (non-hydrogen) atoms. The first-order chi connectivity index (χ1) is 19.4. The lowest BCUT2D eigenvalue weighted by Gasteiger charge is -2.48. The Morgan fingerprint density at radius 2 is 2.02 bits per heavy atom. The molecule has 1 unspecified atom stereocenters. The molecule has 6 nitrogen and oxygen atoms in total. The zero-order chi connectivity index (χ0) is 27.9. The monoisotopic (exact) mass is 567 g/mol. The third kappa shape index (κ3) is 5.23. The molecule has 1 aliphatic heterocycles. The van der Waals surface area contributed by atoms with Crippen molar-refractivity contribution in [2.24, 2.45) is 17.8 Å². The van der Waals surface area contributed by atoms with Gasteiger partial charge in [-0.1, -0.05) is 24.1 Å². The lowest BCUT2D eigenvalue weighted by atomic mass is 9.65. The van der Waals surface area contributed by atoms with Crippen molar-refractivity contribution >= 4 is 23.3 Å². The number of anilines is 1. The number of benzene rings is 2. The van der Waals surface area contributed by atoms with E-state index in [1.54, 1.807) is 6.07 Å². The van der Waals surface area contributed by atoms with Gasteiger partial charge in [0.05, 0.1) is 37.2 Å². The van der Waals surface area contributed by atoms with Crippen molar-refractivity contribution in [3.05, 3.63) is 58.1 Å². The van der Waals surface area contributed by atoms with Crippen LogP contribution in [0.3, 0.4) is 0 Å². The van der Waals surface area contributed by atoms with E-state index in [4.69, 9.17) is 25.8 Å². The van der Waals surface area contributed by atoms with E-state index in [1.165, 1.54) is 18.2 Å². The summed E-state index contributed by atoms with van der Waals surface area (Å²) >= 11 is 6.41. The van der Waals surface area contributed by atoms with E-state index in [0.29, 0.717) is 29.9 Å². The molecule has 7 heteroatoms. The Bertz CT molecular complexity index is 1240. The van der Waals surface area contributed by atoms with Crippen molar-refractivity contribution in [3.63, 3.8) is 0 Å². The second-order valence-corrected chi connectivity index (χ2v) is 13.0. The number of esters is 1. The molecule has 1 spiro atoms. The highest BCUT2D eigenvalue weighted by atomic mass is 35.5. The van der Waals surface area contributed by atoms with Crippen LogP contribution >= 0.6 is 11.6 Å². The molecule has 2 saturated carbocycles. The average molecular weight is 568 g/mol. The highest BCUT2D eigenvalue weighted by Gasteiger charge is 2.46. The van der Waals surface area contributed by atoms with Crippen LogP contribution in [-0.2, 0) is 21.3 Å². The first-order valence-corrected chi connectivity index (χ1v) is 15.4. The molecule has 6 atom stereocenters. The Morgan fingerprint density at radius 3 is 2.77 bits per heavy atom. The number of rotatable bonds is 6. The predicted molar refractivity (Wildman–Crippen MR) is 157 cm³/mol. The smallest absolute Gasteiger partial charge is 0.337 e. The number of halogens is 1. The Kier molecular flexibility index (Phi) is 8.04. The van der Waals surface area contributed by atoms with Gasteiger partial charge < -0.3 is 24.2 Å². The summed E-state index contributed by atoms with van der Waals surface area (Å²) in [4.78, 5) is 15.0. The molecular formula is C33H42ClNO5. The third-order valence-electron chi connectivity index (χ3n) is 10.2. The second kappa shape index (κ2) is 11.5.